The van der Waals surface area contributed by atoms with Gasteiger partial charge in [0.2, 0.25) is 0 Å². The van der Waals surface area contributed by atoms with Crippen molar-refractivity contribution in [2.24, 2.45) is 0 Å². The Morgan fingerprint density at radius 3 is 2.73 bits per heavy atom. The molecule has 0 bridgehead atoms. The van der Waals surface area contributed by atoms with Crippen molar-refractivity contribution in [3.05, 3.63) is 83.3 Å². The van der Waals surface area contributed by atoms with Gasteiger partial charge in [0.15, 0.2) is 0 Å². The minimum Gasteiger partial charge on any atom is -0.310 e. The summed E-state index contributed by atoms with van der Waals surface area (Å²) < 4.78 is 94.7. The van der Waals surface area contributed by atoms with Crippen LogP contribution >= 0.6 is 0 Å². The normalized spacial score (nSPS) is 17.4. The van der Waals surface area contributed by atoms with Gasteiger partial charge in [0.1, 0.15) is 0 Å². The van der Waals surface area contributed by atoms with E-state index in [4.69, 9.17) is 9.60 Å². The smallest absolute Gasteiger partial charge is 0.310 e. The van der Waals surface area contributed by atoms with Gasteiger partial charge in [0.25, 0.3) is 0 Å². The Morgan fingerprint density at radius 2 is 1.92 bits per heavy atom. The first-order valence-electron chi connectivity index (χ1n) is 11.7. The lowest BCUT2D eigenvalue weighted by molar-refractivity contribution is -0.137. The van der Waals surface area contributed by atoms with Gasteiger partial charge in [-0.3, -0.25) is 0 Å². The van der Waals surface area contributed by atoms with E-state index in [0.29, 0.717) is 5.56 Å². The summed E-state index contributed by atoms with van der Waals surface area (Å²) in [6.45, 7) is -2.29. The Morgan fingerprint density at radius 1 is 1.12 bits per heavy atom. The summed E-state index contributed by atoms with van der Waals surface area (Å²) in [5.41, 5.74) is -1.23. The molecule has 0 saturated carbocycles. The fourth-order valence-electron chi connectivity index (χ4n) is 2.77. The molecule has 0 unspecified atom stereocenters. The molecule has 1 N–H and O–H groups in total. The fourth-order valence-corrected chi connectivity index (χ4v) is 2.77. The van der Waals surface area contributed by atoms with E-state index in [0.717, 1.165) is 10.8 Å². The van der Waals surface area contributed by atoms with Crippen LogP contribution in [0, 0.1) is 0 Å². The van der Waals surface area contributed by atoms with E-state index in [1.165, 1.54) is 0 Å². The molecule has 0 aliphatic heterocycles. The van der Waals surface area contributed by atoms with Crippen LogP contribution in [0.2, 0.25) is 0 Å². The minimum atomic E-state index is -4.98. The first-order valence-corrected chi connectivity index (χ1v) is 8.21. The molecular weight excluding hydrogens is 335 g/mol. The predicted octanol–water partition coefficient (Wildman–Crippen LogP) is 6.14. The number of hydrogen-bond acceptors (Lipinski definition) is 1. The molecule has 3 aromatic rings. The van der Waals surface area contributed by atoms with Crippen molar-refractivity contribution < 1.29 is 22.8 Å². The van der Waals surface area contributed by atoms with Gasteiger partial charge in [-0.05, 0) is 54.2 Å². The number of nitrogens with one attached hydrogen (secondary N) is 1. The summed E-state index contributed by atoms with van der Waals surface area (Å²) >= 11 is 0. The highest BCUT2D eigenvalue weighted by atomic mass is 19.4. The van der Waals surface area contributed by atoms with Crippen LogP contribution in [0.5, 0.6) is 0 Å². The average molecular weight is 364 g/mol. The van der Waals surface area contributed by atoms with Crippen LogP contribution in [0.15, 0.2) is 66.6 Å². The molecule has 136 valence electrons. The highest BCUT2D eigenvalue weighted by Crippen LogP contribution is 2.29. The van der Waals surface area contributed by atoms with Crippen LogP contribution in [0.3, 0.4) is 0 Å². The Labute approximate surface area is 161 Å². The molecule has 3 rings (SSSR count). The standard InChI is InChI=1S/C22H22F3N/c1-16(20-13-5-10-18-9-2-3-12-21(18)20)26-14-6-8-17-7-4-11-19(15-17)22(23,24)25/h2-5,7,9-13,15-16,26H,6,8,14H2,1H3/t16-/m1/s1/i1D3,4D,7D,11D,15D. The number of halogens is 3. The van der Waals surface area contributed by atoms with E-state index in [1.807, 2.05) is 24.3 Å². The Kier molecular flexibility index (Phi) is 3.47. The maximum Gasteiger partial charge on any atom is 0.416 e. The first-order chi connectivity index (χ1) is 15.3. The van der Waals surface area contributed by atoms with Gasteiger partial charge in [-0.25, -0.2) is 0 Å². The summed E-state index contributed by atoms with van der Waals surface area (Å²) in [4.78, 5) is 0. The predicted molar refractivity (Wildman–Crippen MR) is 100 cm³/mol. The second kappa shape index (κ2) is 7.92. The van der Waals surface area contributed by atoms with Crippen LogP contribution in [0.4, 0.5) is 13.2 Å². The molecule has 26 heavy (non-hydrogen) atoms. The van der Waals surface area contributed by atoms with E-state index in [-0.39, 0.29) is 24.9 Å². The Balaban J connectivity index is 1.82. The molecule has 1 nitrogen and oxygen atoms in total. The van der Waals surface area contributed by atoms with Gasteiger partial charge < -0.3 is 5.32 Å². The molecule has 4 heteroatoms. The van der Waals surface area contributed by atoms with Gasteiger partial charge in [0, 0.05) is 10.2 Å². The second-order valence-electron chi connectivity index (χ2n) is 5.91. The third-order valence-electron chi connectivity index (χ3n) is 4.05. The van der Waals surface area contributed by atoms with E-state index in [9.17, 15) is 13.2 Å². The van der Waals surface area contributed by atoms with Crippen LogP contribution in [0.25, 0.3) is 10.8 Å². The van der Waals surface area contributed by atoms with Gasteiger partial charge in [0.05, 0.1) is 11.0 Å². The topological polar surface area (TPSA) is 12.0 Å². The van der Waals surface area contributed by atoms with Gasteiger partial charge in [-0.2, -0.15) is 13.2 Å². The van der Waals surface area contributed by atoms with E-state index in [2.05, 4.69) is 5.32 Å². The molecule has 0 radical (unpaired) electrons. The molecule has 0 aliphatic carbocycles. The van der Waals surface area contributed by atoms with Crippen LogP contribution in [-0.2, 0) is 12.6 Å². The van der Waals surface area contributed by atoms with Crippen molar-refractivity contribution in [2.45, 2.75) is 31.9 Å². The zero-order valence-corrected chi connectivity index (χ0v) is 13.9. The fraction of sp³-hybridized carbons (Fsp3) is 0.273. The van der Waals surface area contributed by atoms with Crippen molar-refractivity contribution in [1.82, 2.24) is 5.32 Å². The number of alkyl halides is 3. The SMILES string of the molecule is [2H]c1c([2H])c(CCCN[C@@H](c2cccc3ccccc23)C([2H])([2H])[2H])c([2H])c(C(F)(F)F)c1[2H]. The Bertz CT molecular complexity index is 1150. The van der Waals surface area contributed by atoms with Crippen molar-refractivity contribution in [1.29, 1.82) is 0 Å². The molecule has 0 heterocycles. The van der Waals surface area contributed by atoms with E-state index >= 15 is 0 Å². The maximum absolute atomic E-state index is 13.3. The third kappa shape index (κ3) is 4.44. The van der Waals surface area contributed by atoms with E-state index < -0.39 is 48.8 Å². The van der Waals surface area contributed by atoms with Gasteiger partial charge in [-0.15, -0.1) is 0 Å². The van der Waals surface area contributed by atoms with Crippen LogP contribution in [-0.4, -0.2) is 6.54 Å². The minimum absolute atomic E-state index is 0.0997. The molecule has 0 aliphatic rings. The maximum atomic E-state index is 13.3. The molecule has 0 fully saturated rings. The molecule has 1 atom stereocenters. The van der Waals surface area contributed by atoms with Crippen molar-refractivity contribution in [2.75, 3.05) is 6.54 Å². The van der Waals surface area contributed by atoms with Crippen LogP contribution < -0.4 is 5.32 Å². The Hall–Kier alpha value is -2.33. The van der Waals surface area contributed by atoms with Crippen LogP contribution in [0.1, 0.15) is 45.6 Å². The molecule has 0 saturated heterocycles. The summed E-state index contributed by atoms with van der Waals surface area (Å²) in [6, 6.07) is 8.03. The monoisotopic (exact) mass is 364 g/mol. The van der Waals surface area contributed by atoms with E-state index in [1.54, 1.807) is 18.2 Å². The quantitative estimate of drug-likeness (QED) is 0.518. The highest BCUT2D eigenvalue weighted by Gasteiger charge is 2.30. The number of fused-ring (bicyclic) bond motifs is 1. The summed E-state index contributed by atoms with van der Waals surface area (Å²) in [5, 5.41) is 4.61. The lowest BCUT2D eigenvalue weighted by atomic mass is 9.99. The summed E-state index contributed by atoms with van der Waals surface area (Å²) in [5.74, 6) is 0. The zero-order chi connectivity index (χ0) is 24.6. The van der Waals surface area contributed by atoms with Gasteiger partial charge >= 0.3 is 6.18 Å². The third-order valence-corrected chi connectivity index (χ3v) is 4.05. The highest BCUT2D eigenvalue weighted by molar-refractivity contribution is 5.86. The largest absolute Gasteiger partial charge is 0.416 e. The lowest BCUT2D eigenvalue weighted by Gasteiger charge is -2.17. The summed E-state index contributed by atoms with van der Waals surface area (Å²) in [7, 11) is 0. The first kappa shape index (κ1) is 11.4. The molecule has 0 aromatic heterocycles. The molecule has 0 amide bonds. The second-order valence-corrected chi connectivity index (χ2v) is 5.91. The van der Waals surface area contributed by atoms with Crippen molar-refractivity contribution >= 4 is 10.8 Å². The number of benzene rings is 3. The number of hydrogen-bond donors (Lipinski definition) is 1. The van der Waals surface area contributed by atoms with Gasteiger partial charge in [-0.1, -0.05) is 60.6 Å². The molecular formula is C22H22F3N. The molecule has 0 spiro atoms. The van der Waals surface area contributed by atoms with Crippen molar-refractivity contribution in [3.63, 3.8) is 0 Å². The molecule has 3 aromatic carbocycles. The average Bonchev–Trinajstić information content (AvgIpc) is 2.72. The lowest BCUT2D eigenvalue weighted by Crippen LogP contribution is -2.20. The summed E-state index contributed by atoms with van der Waals surface area (Å²) in [6.07, 6.45) is -4.97. The zero-order valence-electron chi connectivity index (χ0n) is 20.9. The number of rotatable bonds is 6. The van der Waals surface area contributed by atoms with Crippen molar-refractivity contribution in [3.8, 4) is 0 Å².